The normalized spacial score (nSPS) is 15.7. The van der Waals surface area contributed by atoms with Crippen molar-refractivity contribution in [2.75, 3.05) is 0 Å². The largest absolute Gasteiger partial charge is 0.402 e. The topological polar surface area (TPSA) is 38.7 Å². The van der Waals surface area contributed by atoms with E-state index in [-0.39, 0.29) is 11.6 Å². The van der Waals surface area contributed by atoms with Gasteiger partial charge in [0.05, 0.1) is 10.0 Å². The highest BCUT2D eigenvalue weighted by Crippen LogP contribution is 2.29. The molecular weight excluding hydrogens is 516 g/mol. The van der Waals surface area contributed by atoms with Crippen LogP contribution in [0.2, 0.25) is 10.0 Å². The van der Waals surface area contributed by atoms with Gasteiger partial charge in [0, 0.05) is 13.6 Å². The van der Waals surface area contributed by atoms with E-state index in [1.807, 2.05) is 18.2 Å². The van der Waals surface area contributed by atoms with E-state index in [9.17, 15) is 4.79 Å². The number of ether oxygens (including phenoxy) is 1. The fraction of sp³-hybridized carbons (Fsp3) is 0. The van der Waals surface area contributed by atoms with Crippen LogP contribution in [0.1, 0.15) is 11.1 Å². The Morgan fingerprint density at radius 2 is 2.00 bits per heavy atom. The molecule has 0 fully saturated rings. The number of cyclic esters (lactones) is 1. The molecule has 2 aromatic rings. The summed E-state index contributed by atoms with van der Waals surface area (Å²) in [6.07, 6.45) is 1.56. The average Bonchev–Trinajstić information content (AvgIpc) is 2.88. The van der Waals surface area contributed by atoms with Gasteiger partial charge in [0.15, 0.2) is 5.70 Å². The summed E-state index contributed by atoms with van der Waals surface area (Å²) >= 11 is 17.7. The molecule has 0 atom stereocenters. The van der Waals surface area contributed by atoms with Crippen LogP contribution in [0.15, 0.2) is 51.6 Å². The van der Waals surface area contributed by atoms with E-state index in [0.717, 1.165) is 8.04 Å². The number of hydrogen-bond acceptors (Lipinski definition) is 3. The molecule has 3 rings (SSSR count). The van der Waals surface area contributed by atoms with Crippen molar-refractivity contribution in [3.05, 3.63) is 71.3 Å². The number of hydrogen-bond donors (Lipinski definition) is 0. The number of aliphatic imine (C=N–C) groups is 1. The molecule has 0 N–H and O–H groups in total. The number of esters is 1. The minimum Gasteiger partial charge on any atom is -0.402 e. The molecule has 0 amide bonds. The van der Waals surface area contributed by atoms with Gasteiger partial charge in [-0.2, -0.15) is 0 Å². The van der Waals surface area contributed by atoms with Crippen LogP contribution in [0, 0.1) is 3.57 Å². The number of rotatable bonds is 2. The maximum Gasteiger partial charge on any atom is 0.363 e. The first-order valence-electron chi connectivity index (χ1n) is 6.37. The number of carbonyl (C=O) groups excluding carboxylic acids is 1. The molecule has 0 saturated carbocycles. The minimum absolute atomic E-state index is 0.179. The van der Waals surface area contributed by atoms with E-state index in [4.69, 9.17) is 27.9 Å². The van der Waals surface area contributed by atoms with Gasteiger partial charge in [-0.15, -0.1) is 0 Å². The van der Waals surface area contributed by atoms with Crippen molar-refractivity contribution in [2.45, 2.75) is 0 Å². The summed E-state index contributed by atoms with van der Waals surface area (Å²) in [6.45, 7) is 0. The van der Waals surface area contributed by atoms with Gasteiger partial charge in [-0.3, -0.25) is 0 Å². The second-order valence-electron chi connectivity index (χ2n) is 4.61. The van der Waals surface area contributed by atoms with Crippen molar-refractivity contribution in [1.82, 2.24) is 0 Å². The van der Waals surface area contributed by atoms with Crippen LogP contribution in [0.4, 0.5) is 0 Å². The first-order valence-corrected chi connectivity index (χ1v) is 9.00. The third-order valence-electron chi connectivity index (χ3n) is 3.06. The van der Waals surface area contributed by atoms with Crippen LogP contribution >= 0.6 is 61.7 Å². The van der Waals surface area contributed by atoms with Gasteiger partial charge in [0.1, 0.15) is 0 Å². The monoisotopic (exact) mass is 521 g/mol. The molecule has 3 nitrogen and oxygen atoms in total. The summed E-state index contributed by atoms with van der Waals surface area (Å²) in [5.41, 5.74) is 1.50. The van der Waals surface area contributed by atoms with E-state index < -0.39 is 5.97 Å². The molecule has 1 heterocycles. The first kappa shape index (κ1) is 17.0. The summed E-state index contributed by atoms with van der Waals surface area (Å²) in [6, 6.07) is 10.8. The maximum absolute atomic E-state index is 12.0. The number of carbonyl (C=O) groups is 1. The van der Waals surface area contributed by atoms with Gasteiger partial charge in [-0.05, 0) is 74.4 Å². The zero-order chi connectivity index (χ0) is 16.6. The van der Waals surface area contributed by atoms with Crippen LogP contribution in [0.5, 0.6) is 0 Å². The maximum atomic E-state index is 12.0. The molecule has 0 unspecified atom stereocenters. The SMILES string of the molecule is O=C1OC(c2ccc(I)c(Br)c2)=N/C1=C/c1cccc(Cl)c1Cl. The van der Waals surface area contributed by atoms with Crippen molar-refractivity contribution >= 4 is 79.7 Å². The van der Waals surface area contributed by atoms with Crippen LogP contribution < -0.4 is 0 Å². The molecule has 0 aliphatic carbocycles. The van der Waals surface area contributed by atoms with Crippen LogP contribution in [0.3, 0.4) is 0 Å². The molecule has 0 saturated heterocycles. The predicted octanol–water partition coefficient (Wildman–Crippen LogP) is 5.71. The highest BCUT2D eigenvalue weighted by molar-refractivity contribution is 14.1. The molecule has 0 radical (unpaired) electrons. The minimum atomic E-state index is -0.522. The zero-order valence-electron chi connectivity index (χ0n) is 11.3. The van der Waals surface area contributed by atoms with Gasteiger partial charge in [0.25, 0.3) is 0 Å². The molecule has 116 valence electrons. The van der Waals surface area contributed by atoms with Gasteiger partial charge < -0.3 is 4.74 Å². The Morgan fingerprint density at radius 1 is 1.22 bits per heavy atom. The van der Waals surface area contributed by atoms with Crippen molar-refractivity contribution < 1.29 is 9.53 Å². The van der Waals surface area contributed by atoms with Gasteiger partial charge in [0.2, 0.25) is 5.90 Å². The molecule has 2 aromatic carbocycles. The third kappa shape index (κ3) is 3.63. The summed E-state index contributed by atoms with van der Waals surface area (Å²) in [4.78, 5) is 16.3. The highest BCUT2D eigenvalue weighted by atomic mass is 127. The lowest BCUT2D eigenvalue weighted by Gasteiger charge is -2.01. The molecule has 0 bridgehead atoms. The Morgan fingerprint density at radius 3 is 2.74 bits per heavy atom. The average molecular weight is 523 g/mol. The van der Waals surface area contributed by atoms with E-state index in [1.54, 1.807) is 24.3 Å². The first-order chi connectivity index (χ1) is 11.0. The van der Waals surface area contributed by atoms with Crippen molar-refractivity contribution in [3.8, 4) is 0 Å². The quantitative estimate of drug-likeness (QED) is 0.288. The lowest BCUT2D eigenvalue weighted by Crippen LogP contribution is -2.05. The lowest BCUT2D eigenvalue weighted by atomic mass is 10.2. The molecule has 1 aliphatic heterocycles. The summed E-state index contributed by atoms with van der Waals surface area (Å²) in [7, 11) is 0. The molecule has 0 aromatic heterocycles. The highest BCUT2D eigenvalue weighted by Gasteiger charge is 2.24. The third-order valence-corrected chi connectivity index (χ3v) is 6.23. The number of nitrogens with zero attached hydrogens (tertiary/aromatic N) is 1. The van der Waals surface area contributed by atoms with Crippen LogP contribution in [-0.2, 0) is 9.53 Å². The summed E-state index contributed by atoms with van der Waals surface area (Å²) in [5, 5.41) is 0.785. The van der Waals surface area contributed by atoms with Crippen LogP contribution in [-0.4, -0.2) is 11.9 Å². The Balaban J connectivity index is 1.99. The standard InChI is InChI=1S/C16H7BrCl2INO2/c17-10-6-9(4-5-12(10)20)15-21-13(16(22)23-15)7-8-2-1-3-11(18)14(8)19/h1-7H/b13-7+. The van der Waals surface area contributed by atoms with E-state index in [1.165, 1.54) is 0 Å². The molecule has 7 heteroatoms. The van der Waals surface area contributed by atoms with Crippen molar-refractivity contribution in [1.29, 1.82) is 0 Å². The van der Waals surface area contributed by atoms with E-state index in [0.29, 0.717) is 21.2 Å². The molecule has 1 aliphatic rings. The van der Waals surface area contributed by atoms with Crippen LogP contribution in [0.25, 0.3) is 6.08 Å². The Labute approximate surface area is 164 Å². The predicted molar refractivity (Wildman–Crippen MR) is 104 cm³/mol. The summed E-state index contributed by atoms with van der Waals surface area (Å²) < 4.78 is 7.20. The Kier molecular flexibility index (Phi) is 5.10. The second kappa shape index (κ2) is 6.93. The number of benzene rings is 2. The second-order valence-corrected chi connectivity index (χ2v) is 7.41. The molecule has 0 spiro atoms. The zero-order valence-corrected chi connectivity index (χ0v) is 16.6. The Hall–Kier alpha value is -0.890. The van der Waals surface area contributed by atoms with E-state index in [2.05, 4.69) is 43.5 Å². The fourth-order valence-corrected chi connectivity index (χ4v) is 3.02. The van der Waals surface area contributed by atoms with Crippen molar-refractivity contribution in [2.24, 2.45) is 4.99 Å². The van der Waals surface area contributed by atoms with Gasteiger partial charge in [-0.25, -0.2) is 9.79 Å². The summed E-state index contributed by atoms with van der Waals surface area (Å²) in [5.74, 6) is -0.262. The van der Waals surface area contributed by atoms with Gasteiger partial charge >= 0.3 is 5.97 Å². The van der Waals surface area contributed by atoms with E-state index >= 15 is 0 Å². The lowest BCUT2D eigenvalue weighted by molar-refractivity contribution is -0.129. The smallest absolute Gasteiger partial charge is 0.363 e. The van der Waals surface area contributed by atoms with Crippen molar-refractivity contribution in [3.63, 3.8) is 0 Å². The molecular formula is C16H7BrCl2INO2. The van der Waals surface area contributed by atoms with Gasteiger partial charge in [-0.1, -0.05) is 35.3 Å². The Bertz CT molecular complexity index is 880. The fourth-order valence-electron chi connectivity index (χ4n) is 1.94. The molecule has 23 heavy (non-hydrogen) atoms. The number of halogens is 4.